The van der Waals surface area contributed by atoms with Crippen LogP contribution >= 0.6 is 11.8 Å². The molecule has 1 heterocycles. The molecule has 0 spiro atoms. The molecule has 0 aliphatic rings. The minimum atomic E-state index is 0.850. The van der Waals surface area contributed by atoms with Gasteiger partial charge in [0.2, 0.25) is 0 Å². The van der Waals surface area contributed by atoms with Crippen molar-refractivity contribution in [1.82, 2.24) is 9.97 Å². The normalized spacial score (nSPS) is 10.1. The number of benzene rings is 1. The van der Waals surface area contributed by atoms with E-state index in [1.165, 1.54) is 0 Å². The Bertz CT molecular complexity index is 502. The maximum atomic E-state index is 5.13. The average Bonchev–Trinajstić information content (AvgIpc) is 2.40. The first kappa shape index (κ1) is 12.7. The topological polar surface area (TPSA) is 47.0 Å². The lowest BCUT2D eigenvalue weighted by Crippen LogP contribution is -1.99. The first-order chi connectivity index (χ1) is 8.81. The number of rotatable bonds is 5. The maximum absolute atomic E-state index is 5.13. The summed E-state index contributed by atoms with van der Waals surface area (Å²) in [5.41, 5.74) is 0. The molecule has 0 bridgehead atoms. The van der Waals surface area contributed by atoms with Gasteiger partial charge in [-0.3, -0.25) is 0 Å². The quantitative estimate of drug-likeness (QED) is 0.838. The van der Waals surface area contributed by atoms with Gasteiger partial charge in [-0.1, -0.05) is 11.8 Å². The van der Waals surface area contributed by atoms with E-state index in [9.17, 15) is 0 Å². The van der Waals surface area contributed by atoms with Crippen molar-refractivity contribution in [3.8, 4) is 5.75 Å². The lowest BCUT2D eigenvalue weighted by molar-refractivity contribution is 0.414. The van der Waals surface area contributed by atoms with Crippen LogP contribution in [0.15, 0.2) is 46.6 Å². The van der Waals surface area contributed by atoms with Crippen LogP contribution in [0.4, 0.5) is 5.82 Å². The molecule has 1 aromatic carbocycles. The van der Waals surface area contributed by atoms with Crippen LogP contribution in [-0.2, 0) is 0 Å². The van der Waals surface area contributed by atoms with Gasteiger partial charge in [-0.05, 0) is 31.2 Å². The summed E-state index contributed by atoms with van der Waals surface area (Å²) >= 11 is 1.60. The molecule has 1 N–H and O–H groups in total. The molecular weight excluding hydrogens is 246 g/mol. The minimum Gasteiger partial charge on any atom is -0.497 e. The molecule has 0 fully saturated rings. The second kappa shape index (κ2) is 6.26. The molecule has 2 aromatic rings. The predicted octanol–water partition coefficient (Wildman–Crippen LogP) is 3.07. The van der Waals surface area contributed by atoms with Crippen LogP contribution in [0, 0.1) is 0 Å². The van der Waals surface area contributed by atoms with Crippen molar-refractivity contribution in [1.29, 1.82) is 0 Å². The Labute approximate surface area is 111 Å². The minimum absolute atomic E-state index is 0.850. The van der Waals surface area contributed by atoms with Crippen molar-refractivity contribution in [2.75, 3.05) is 19.0 Å². The number of methoxy groups -OCH3 is 1. The van der Waals surface area contributed by atoms with E-state index in [0.717, 1.165) is 28.0 Å². The van der Waals surface area contributed by atoms with E-state index in [1.807, 2.05) is 37.3 Å². The van der Waals surface area contributed by atoms with Crippen molar-refractivity contribution in [2.45, 2.75) is 16.8 Å². The highest BCUT2D eigenvalue weighted by Gasteiger charge is 2.01. The van der Waals surface area contributed by atoms with Crippen molar-refractivity contribution in [3.63, 3.8) is 0 Å². The van der Waals surface area contributed by atoms with Gasteiger partial charge in [0.1, 0.15) is 22.9 Å². The van der Waals surface area contributed by atoms with Gasteiger partial charge < -0.3 is 10.1 Å². The first-order valence-electron chi connectivity index (χ1n) is 5.69. The summed E-state index contributed by atoms with van der Waals surface area (Å²) in [4.78, 5) is 9.50. The third kappa shape index (κ3) is 3.37. The molecular formula is C13H15N3OS. The van der Waals surface area contributed by atoms with Crippen molar-refractivity contribution in [2.24, 2.45) is 0 Å². The van der Waals surface area contributed by atoms with E-state index in [4.69, 9.17) is 4.74 Å². The van der Waals surface area contributed by atoms with Crippen LogP contribution in [0.25, 0.3) is 0 Å². The zero-order chi connectivity index (χ0) is 12.8. The molecule has 0 aliphatic heterocycles. The lowest BCUT2D eigenvalue weighted by Gasteiger charge is -2.05. The highest BCUT2D eigenvalue weighted by atomic mass is 32.2. The summed E-state index contributed by atoms with van der Waals surface area (Å²) in [6.45, 7) is 2.89. The van der Waals surface area contributed by atoms with Gasteiger partial charge in [-0.15, -0.1) is 0 Å². The van der Waals surface area contributed by atoms with Gasteiger partial charge in [0.15, 0.2) is 0 Å². The van der Waals surface area contributed by atoms with Gasteiger partial charge in [0.25, 0.3) is 0 Å². The number of ether oxygens (including phenoxy) is 1. The van der Waals surface area contributed by atoms with Crippen molar-refractivity contribution < 1.29 is 4.74 Å². The molecule has 0 saturated heterocycles. The third-order valence-corrected chi connectivity index (χ3v) is 3.22. The molecule has 94 valence electrons. The van der Waals surface area contributed by atoms with E-state index in [0.29, 0.717) is 0 Å². The fourth-order valence-corrected chi connectivity index (χ4v) is 2.22. The predicted molar refractivity (Wildman–Crippen MR) is 73.3 cm³/mol. The van der Waals surface area contributed by atoms with E-state index in [2.05, 4.69) is 15.3 Å². The number of nitrogens with zero attached hydrogens (tertiary/aromatic N) is 2. The molecule has 0 aliphatic carbocycles. The van der Waals surface area contributed by atoms with E-state index < -0.39 is 0 Å². The van der Waals surface area contributed by atoms with Gasteiger partial charge in [0, 0.05) is 17.5 Å². The molecule has 4 nitrogen and oxygen atoms in total. The maximum Gasteiger partial charge on any atom is 0.130 e. The molecule has 1 aromatic heterocycles. The van der Waals surface area contributed by atoms with Gasteiger partial charge in [-0.25, -0.2) is 9.97 Å². The number of anilines is 1. The highest BCUT2D eigenvalue weighted by Crippen LogP contribution is 2.28. The Morgan fingerprint density at radius 2 is 2.00 bits per heavy atom. The van der Waals surface area contributed by atoms with E-state index >= 15 is 0 Å². The van der Waals surface area contributed by atoms with Crippen LogP contribution in [0.5, 0.6) is 5.75 Å². The van der Waals surface area contributed by atoms with Crippen molar-refractivity contribution in [3.05, 3.63) is 36.7 Å². The van der Waals surface area contributed by atoms with Crippen LogP contribution in [0.3, 0.4) is 0 Å². The molecule has 18 heavy (non-hydrogen) atoms. The SMILES string of the molecule is CCNc1cc(Sc2ccc(OC)cc2)ncn1. The van der Waals surface area contributed by atoms with Crippen LogP contribution in [0.2, 0.25) is 0 Å². The Morgan fingerprint density at radius 1 is 1.22 bits per heavy atom. The molecule has 0 atom stereocenters. The summed E-state index contributed by atoms with van der Waals surface area (Å²) in [6.07, 6.45) is 1.57. The number of hydrogen-bond donors (Lipinski definition) is 1. The van der Waals surface area contributed by atoms with E-state index in [-0.39, 0.29) is 0 Å². The van der Waals surface area contributed by atoms with Crippen molar-refractivity contribution >= 4 is 17.6 Å². The summed E-state index contributed by atoms with van der Waals surface area (Å²) in [5, 5.41) is 4.09. The number of nitrogens with one attached hydrogen (secondary N) is 1. The zero-order valence-corrected chi connectivity index (χ0v) is 11.2. The molecule has 0 amide bonds. The monoisotopic (exact) mass is 261 g/mol. The van der Waals surface area contributed by atoms with Crippen LogP contribution < -0.4 is 10.1 Å². The first-order valence-corrected chi connectivity index (χ1v) is 6.51. The van der Waals surface area contributed by atoms with Gasteiger partial charge >= 0.3 is 0 Å². The summed E-state index contributed by atoms with van der Waals surface area (Å²) in [5.74, 6) is 1.71. The summed E-state index contributed by atoms with van der Waals surface area (Å²) in [7, 11) is 1.66. The Kier molecular flexibility index (Phi) is 4.41. The number of aromatic nitrogens is 2. The molecule has 2 rings (SSSR count). The van der Waals surface area contributed by atoms with Crippen LogP contribution in [0.1, 0.15) is 6.92 Å². The molecule has 0 radical (unpaired) electrons. The zero-order valence-electron chi connectivity index (χ0n) is 10.4. The van der Waals surface area contributed by atoms with E-state index in [1.54, 1.807) is 25.2 Å². The Hall–Kier alpha value is -1.75. The van der Waals surface area contributed by atoms with Crippen LogP contribution in [-0.4, -0.2) is 23.6 Å². The fourth-order valence-electron chi connectivity index (χ4n) is 1.44. The summed E-state index contributed by atoms with van der Waals surface area (Å²) in [6, 6.07) is 9.85. The fraction of sp³-hybridized carbons (Fsp3) is 0.231. The molecule has 0 saturated carbocycles. The second-order valence-electron chi connectivity index (χ2n) is 3.55. The lowest BCUT2D eigenvalue weighted by atomic mass is 10.3. The Balaban J connectivity index is 2.09. The largest absolute Gasteiger partial charge is 0.497 e. The molecule has 0 unspecified atom stereocenters. The standard InChI is InChI=1S/C13H15N3OS/c1-3-14-12-8-13(16-9-15-12)18-11-6-4-10(17-2)5-7-11/h4-9H,3H2,1-2H3,(H,14,15,16). The number of hydrogen-bond acceptors (Lipinski definition) is 5. The van der Waals surface area contributed by atoms with Gasteiger partial charge in [-0.2, -0.15) is 0 Å². The molecule has 5 heteroatoms. The average molecular weight is 261 g/mol. The Morgan fingerprint density at radius 3 is 2.67 bits per heavy atom. The summed E-state index contributed by atoms with van der Waals surface area (Å²) < 4.78 is 5.13. The van der Waals surface area contributed by atoms with Gasteiger partial charge in [0.05, 0.1) is 7.11 Å². The highest BCUT2D eigenvalue weighted by molar-refractivity contribution is 7.99. The third-order valence-electron chi connectivity index (χ3n) is 2.28. The second-order valence-corrected chi connectivity index (χ2v) is 4.64. The smallest absolute Gasteiger partial charge is 0.130 e.